The number of hydrogen-bond donors (Lipinski definition) is 1. The van der Waals surface area contributed by atoms with Gasteiger partial charge in [0.05, 0.1) is 16.7 Å². The van der Waals surface area contributed by atoms with Crippen molar-refractivity contribution in [3.8, 4) is 11.1 Å². The molecule has 0 unspecified atom stereocenters. The molecule has 158 valence electrons. The minimum Gasteiger partial charge on any atom is -0.387 e. The van der Waals surface area contributed by atoms with Crippen LogP contribution in [0.4, 0.5) is 11.5 Å². The number of nitrogens with zero attached hydrogens (tertiary/aromatic N) is 6. The lowest BCUT2D eigenvalue weighted by Crippen LogP contribution is -2.63. The van der Waals surface area contributed by atoms with E-state index in [0.717, 1.165) is 53.2 Å². The van der Waals surface area contributed by atoms with Gasteiger partial charge in [-0.25, -0.2) is 9.98 Å². The van der Waals surface area contributed by atoms with E-state index in [1.807, 2.05) is 6.20 Å². The summed E-state index contributed by atoms with van der Waals surface area (Å²) in [5.41, 5.74) is 12.0. The Bertz CT molecular complexity index is 1170. The van der Waals surface area contributed by atoms with Gasteiger partial charge in [0.15, 0.2) is 0 Å². The highest BCUT2D eigenvalue weighted by atomic mass is 15.4. The molecule has 7 nitrogen and oxygen atoms in total. The van der Waals surface area contributed by atoms with Crippen LogP contribution in [-0.4, -0.2) is 78.0 Å². The second-order valence-electron chi connectivity index (χ2n) is 8.95. The van der Waals surface area contributed by atoms with Gasteiger partial charge in [-0.1, -0.05) is 12.1 Å². The predicted octanol–water partition coefficient (Wildman–Crippen LogP) is 2.28. The minimum absolute atomic E-state index is 0.648. The summed E-state index contributed by atoms with van der Waals surface area (Å²) in [5.74, 6) is 1.72. The highest BCUT2D eigenvalue weighted by Gasteiger charge is 2.33. The summed E-state index contributed by atoms with van der Waals surface area (Å²) in [7, 11) is 2.21. The first-order valence-corrected chi connectivity index (χ1v) is 11.0. The van der Waals surface area contributed by atoms with Gasteiger partial charge >= 0.3 is 0 Å². The molecule has 0 spiro atoms. The van der Waals surface area contributed by atoms with Gasteiger partial charge in [-0.2, -0.15) is 0 Å². The van der Waals surface area contributed by atoms with Crippen molar-refractivity contribution < 1.29 is 0 Å². The average molecular weight is 414 g/mol. The van der Waals surface area contributed by atoms with Crippen molar-refractivity contribution in [2.75, 3.05) is 51.2 Å². The van der Waals surface area contributed by atoms with Crippen LogP contribution in [0.2, 0.25) is 0 Å². The maximum absolute atomic E-state index is 5.89. The maximum atomic E-state index is 5.89. The Morgan fingerprint density at radius 1 is 0.935 bits per heavy atom. The Hall–Kier alpha value is -3.03. The maximum Gasteiger partial charge on any atom is 0.129 e. The highest BCUT2D eigenvalue weighted by Crippen LogP contribution is 2.32. The first kappa shape index (κ1) is 18.7. The summed E-state index contributed by atoms with van der Waals surface area (Å²) >= 11 is 0. The second kappa shape index (κ2) is 7.28. The number of hydrogen-bond acceptors (Lipinski definition) is 7. The smallest absolute Gasteiger partial charge is 0.129 e. The number of fused-ring (bicyclic) bond motifs is 2. The number of pyridine rings is 2. The van der Waals surface area contributed by atoms with E-state index in [2.05, 4.69) is 68.1 Å². The quantitative estimate of drug-likeness (QED) is 0.710. The largest absolute Gasteiger partial charge is 0.387 e. The van der Waals surface area contributed by atoms with Crippen molar-refractivity contribution in [2.45, 2.75) is 12.5 Å². The van der Waals surface area contributed by atoms with Crippen LogP contribution in [-0.2, 0) is 6.42 Å². The summed E-state index contributed by atoms with van der Waals surface area (Å²) in [4.78, 5) is 21.5. The van der Waals surface area contributed by atoms with Crippen molar-refractivity contribution >= 4 is 28.4 Å². The summed E-state index contributed by atoms with van der Waals surface area (Å²) in [6.07, 6.45) is 2.65. The predicted molar refractivity (Wildman–Crippen MR) is 125 cm³/mol. The van der Waals surface area contributed by atoms with Crippen LogP contribution in [0.1, 0.15) is 5.56 Å². The van der Waals surface area contributed by atoms with Gasteiger partial charge in [0.2, 0.25) is 0 Å². The Morgan fingerprint density at radius 2 is 1.77 bits per heavy atom. The van der Waals surface area contributed by atoms with Crippen LogP contribution in [0.3, 0.4) is 0 Å². The fourth-order valence-corrected chi connectivity index (χ4v) is 4.78. The molecule has 0 amide bonds. The van der Waals surface area contributed by atoms with Crippen molar-refractivity contribution in [1.82, 2.24) is 19.8 Å². The van der Waals surface area contributed by atoms with E-state index in [0.29, 0.717) is 11.9 Å². The molecule has 6 rings (SSSR count). The van der Waals surface area contributed by atoms with Crippen LogP contribution in [0, 0.1) is 0 Å². The molecule has 3 aromatic rings. The fraction of sp³-hybridized carbons (Fsp3) is 0.375. The van der Waals surface area contributed by atoms with Gasteiger partial charge in [-0.15, -0.1) is 0 Å². The number of nitrogens with two attached hydrogens (primary N) is 1. The Morgan fingerprint density at radius 3 is 2.61 bits per heavy atom. The standard InChI is InChI=1S/C24H27N7/c1-29-6-8-30(9-7-29)19-14-31(15-19)24-5-4-20-22(28-24)11-18(13-26-20)16-2-3-17-12-23(25)27-21(17)10-16/h2-5,10-11,13,19H,6-9,12,14-15H2,1H3,(H2,25,27). The Balaban J connectivity index is 1.22. The highest BCUT2D eigenvalue weighted by molar-refractivity contribution is 5.92. The molecule has 5 heterocycles. The number of piperazine rings is 1. The van der Waals surface area contributed by atoms with Gasteiger partial charge in [-0.05, 0) is 42.4 Å². The number of amidine groups is 1. The van der Waals surface area contributed by atoms with Crippen molar-refractivity contribution in [2.24, 2.45) is 10.7 Å². The van der Waals surface area contributed by atoms with Gasteiger partial charge in [0, 0.05) is 63.5 Å². The van der Waals surface area contributed by atoms with Crippen molar-refractivity contribution in [3.05, 3.63) is 48.2 Å². The van der Waals surface area contributed by atoms with E-state index in [1.54, 1.807) is 0 Å². The van der Waals surface area contributed by atoms with Crippen LogP contribution in [0.25, 0.3) is 22.2 Å². The van der Waals surface area contributed by atoms with Crippen LogP contribution >= 0.6 is 0 Å². The number of anilines is 1. The molecule has 0 aliphatic carbocycles. The second-order valence-corrected chi connectivity index (χ2v) is 8.95. The number of benzene rings is 1. The van der Waals surface area contributed by atoms with E-state index >= 15 is 0 Å². The van der Waals surface area contributed by atoms with Crippen LogP contribution < -0.4 is 10.6 Å². The normalized spacial score (nSPS) is 20.0. The number of aromatic nitrogens is 2. The summed E-state index contributed by atoms with van der Waals surface area (Å²) in [5, 5.41) is 0. The monoisotopic (exact) mass is 413 g/mol. The van der Waals surface area contributed by atoms with Crippen molar-refractivity contribution in [1.29, 1.82) is 0 Å². The zero-order valence-corrected chi connectivity index (χ0v) is 17.8. The molecule has 3 aliphatic heterocycles. The third-order valence-corrected chi connectivity index (χ3v) is 6.82. The molecule has 0 bridgehead atoms. The van der Waals surface area contributed by atoms with Gasteiger partial charge in [0.25, 0.3) is 0 Å². The first-order valence-electron chi connectivity index (χ1n) is 11.0. The summed E-state index contributed by atoms with van der Waals surface area (Å²) in [6.45, 7) is 6.78. The lowest BCUT2D eigenvalue weighted by Gasteiger charge is -2.48. The third kappa shape index (κ3) is 3.43. The molecule has 0 atom stereocenters. The van der Waals surface area contributed by atoms with E-state index in [1.165, 1.54) is 31.7 Å². The molecule has 7 heteroatoms. The number of aliphatic imine (C=N–C) groups is 1. The van der Waals surface area contributed by atoms with Gasteiger partial charge < -0.3 is 15.5 Å². The molecule has 2 N–H and O–H groups in total. The molecule has 2 aromatic heterocycles. The average Bonchev–Trinajstić information content (AvgIpc) is 3.12. The summed E-state index contributed by atoms with van der Waals surface area (Å²) in [6, 6.07) is 13.3. The number of likely N-dealkylation sites (N-methyl/N-ethyl adjacent to an activating group) is 1. The van der Waals surface area contributed by atoms with Crippen LogP contribution in [0.15, 0.2) is 47.6 Å². The zero-order chi connectivity index (χ0) is 20.9. The topological polar surface area (TPSA) is 73.9 Å². The molecule has 0 saturated carbocycles. The molecule has 31 heavy (non-hydrogen) atoms. The van der Waals surface area contributed by atoms with Crippen molar-refractivity contribution in [3.63, 3.8) is 0 Å². The van der Waals surface area contributed by atoms with E-state index in [4.69, 9.17) is 10.7 Å². The third-order valence-electron chi connectivity index (χ3n) is 6.82. The molecular weight excluding hydrogens is 386 g/mol. The Kier molecular flexibility index (Phi) is 4.40. The lowest BCUT2D eigenvalue weighted by molar-refractivity contribution is 0.0961. The molecule has 2 saturated heterocycles. The fourth-order valence-electron chi connectivity index (χ4n) is 4.78. The van der Waals surface area contributed by atoms with Gasteiger partial charge in [0.1, 0.15) is 11.7 Å². The van der Waals surface area contributed by atoms with E-state index in [-0.39, 0.29) is 0 Å². The van der Waals surface area contributed by atoms with E-state index in [9.17, 15) is 0 Å². The molecule has 1 aromatic carbocycles. The van der Waals surface area contributed by atoms with E-state index < -0.39 is 0 Å². The lowest BCUT2D eigenvalue weighted by atomic mass is 10.0. The van der Waals surface area contributed by atoms with Crippen LogP contribution in [0.5, 0.6) is 0 Å². The zero-order valence-electron chi connectivity index (χ0n) is 17.8. The first-order chi connectivity index (χ1) is 15.1. The van der Waals surface area contributed by atoms with Gasteiger partial charge in [-0.3, -0.25) is 9.88 Å². The molecule has 2 fully saturated rings. The SMILES string of the molecule is CN1CCN(C2CN(c3ccc4ncc(-c5ccc6c(c5)N=C(N)C6)cc4n3)C2)CC1. The summed E-state index contributed by atoms with van der Waals surface area (Å²) < 4.78 is 0. The number of rotatable bonds is 3. The molecular formula is C24H27N7. The Labute approximate surface area is 182 Å². The molecule has 3 aliphatic rings. The minimum atomic E-state index is 0.648. The molecule has 0 radical (unpaired) electrons.